The number of amides is 1. The summed E-state index contributed by atoms with van der Waals surface area (Å²) in [7, 11) is 0. The highest BCUT2D eigenvalue weighted by atomic mass is 16.6. The molecule has 0 saturated carbocycles. The summed E-state index contributed by atoms with van der Waals surface area (Å²) >= 11 is 0. The summed E-state index contributed by atoms with van der Waals surface area (Å²) in [4.78, 5) is 25.1. The number of phenols is 2. The quantitative estimate of drug-likeness (QED) is 0.328. The van der Waals surface area contributed by atoms with Gasteiger partial charge >= 0.3 is 5.97 Å². The van der Waals surface area contributed by atoms with Gasteiger partial charge in [-0.2, -0.15) is 0 Å². The van der Waals surface area contributed by atoms with E-state index in [2.05, 4.69) is 5.32 Å². The molecule has 0 fully saturated rings. The lowest BCUT2D eigenvalue weighted by Crippen LogP contribution is -2.44. The Labute approximate surface area is 181 Å². The first-order valence-corrected chi connectivity index (χ1v) is 10.1. The van der Waals surface area contributed by atoms with Crippen LogP contribution in [0.25, 0.3) is 0 Å². The molecule has 0 saturated heterocycles. The minimum atomic E-state index is -0.891. The molecule has 3 N–H and O–H groups in total. The van der Waals surface area contributed by atoms with Crippen molar-refractivity contribution in [3.05, 3.63) is 59.7 Å². The number of rotatable bonds is 13. The number of phenolic OH excluding ortho intramolecular Hbond substituents is 2. The number of ether oxygens (including phenoxy) is 3. The molecule has 2 aromatic carbocycles. The molecular weight excluding hydrogens is 402 g/mol. The smallest absolute Gasteiger partial charge is 0.329 e. The number of hydrogen-bond donors (Lipinski definition) is 3. The van der Waals surface area contributed by atoms with Crippen LogP contribution < -0.4 is 5.32 Å². The lowest BCUT2D eigenvalue weighted by molar-refractivity contribution is -0.149. The van der Waals surface area contributed by atoms with Crippen molar-refractivity contribution in [2.24, 2.45) is 0 Å². The predicted octanol–water partition coefficient (Wildman–Crippen LogP) is 1.96. The number of aromatic hydroxyl groups is 2. The van der Waals surface area contributed by atoms with Gasteiger partial charge in [0, 0.05) is 13.0 Å². The van der Waals surface area contributed by atoms with Gasteiger partial charge in [-0.15, -0.1) is 0 Å². The van der Waals surface area contributed by atoms with Gasteiger partial charge in [-0.3, -0.25) is 4.79 Å². The molecule has 2 aromatic rings. The number of hydrogen-bond acceptors (Lipinski definition) is 7. The molecule has 168 valence electrons. The number of benzene rings is 2. The molecule has 1 amide bonds. The Kier molecular flexibility index (Phi) is 10.3. The zero-order valence-corrected chi connectivity index (χ0v) is 17.6. The molecule has 0 heterocycles. The molecule has 1 unspecified atom stereocenters. The Morgan fingerprint density at radius 3 is 2.00 bits per heavy atom. The van der Waals surface area contributed by atoms with Crippen LogP contribution in [0.1, 0.15) is 18.1 Å². The van der Waals surface area contributed by atoms with E-state index in [4.69, 9.17) is 14.2 Å². The van der Waals surface area contributed by atoms with E-state index < -0.39 is 12.0 Å². The standard InChI is InChI=1S/C23H29NO7/c1-2-29-11-12-30-13-14-31-23(28)21(15-17-3-7-19(25)8-4-17)24-22(27)16-18-5-9-20(26)10-6-18/h3-10,21,25-26H,2,11-16H2,1H3,(H,24,27). The maximum absolute atomic E-state index is 12.6. The summed E-state index contributed by atoms with van der Waals surface area (Å²) in [6.07, 6.45) is 0.270. The minimum absolute atomic E-state index is 0.0557. The van der Waals surface area contributed by atoms with Gasteiger partial charge < -0.3 is 29.7 Å². The second-order valence-corrected chi connectivity index (χ2v) is 6.81. The molecule has 0 spiro atoms. The third kappa shape index (κ3) is 9.50. The zero-order valence-electron chi connectivity index (χ0n) is 17.6. The zero-order chi connectivity index (χ0) is 22.5. The largest absolute Gasteiger partial charge is 0.508 e. The predicted molar refractivity (Wildman–Crippen MR) is 114 cm³/mol. The fourth-order valence-corrected chi connectivity index (χ4v) is 2.77. The van der Waals surface area contributed by atoms with E-state index in [1.54, 1.807) is 24.3 Å². The normalized spacial score (nSPS) is 11.6. The summed E-state index contributed by atoms with van der Waals surface area (Å²) in [5.41, 5.74) is 1.47. The van der Waals surface area contributed by atoms with Crippen LogP contribution in [-0.4, -0.2) is 61.2 Å². The second kappa shape index (κ2) is 13.3. The van der Waals surface area contributed by atoms with Crippen LogP contribution in [0.2, 0.25) is 0 Å². The number of carbonyl (C=O) groups is 2. The van der Waals surface area contributed by atoms with E-state index in [9.17, 15) is 19.8 Å². The third-order valence-electron chi connectivity index (χ3n) is 4.35. The van der Waals surface area contributed by atoms with Gasteiger partial charge in [-0.1, -0.05) is 24.3 Å². The van der Waals surface area contributed by atoms with Gasteiger partial charge in [-0.05, 0) is 42.3 Å². The van der Waals surface area contributed by atoms with Gasteiger partial charge in [0.15, 0.2) is 0 Å². The first-order chi connectivity index (χ1) is 15.0. The molecular formula is C23H29NO7. The summed E-state index contributed by atoms with van der Waals surface area (Å²) in [5.74, 6) is -0.690. The Bertz CT molecular complexity index is 806. The summed E-state index contributed by atoms with van der Waals surface area (Å²) in [5, 5.41) is 21.5. The fraction of sp³-hybridized carbons (Fsp3) is 0.391. The summed E-state index contributed by atoms with van der Waals surface area (Å²) < 4.78 is 15.8. The lowest BCUT2D eigenvalue weighted by atomic mass is 10.0. The molecule has 8 heteroatoms. The van der Waals surface area contributed by atoms with Crippen LogP contribution >= 0.6 is 0 Å². The van der Waals surface area contributed by atoms with Gasteiger partial charge in [0.05, 0.1) is 26.2 Å². The van der Waals surface area contributed by atoms with E-state index >= 15 is 0 Å². The van der Waals surface area contributed by atoms with E-state index in [-0.39, 0.29) is 43.5 Å². The fourth-order valence-electron chi connectivity index (χ4n) is 2.77. The molecule has 0 aliphatic carbocycles. The number of nitrogens with one attached hydrogen (secondary N) is 1. The molecule has 0 bridgehead atoms. The molecule has 2 rings (SSSR count). The number of carbonyl (C=O) groups excluding carboxylic acids is 2. The van der Waals surface area contributed by atoms with Gasteiger partial charge in [-0.25, -0.2) is 4.79 Å². The first-order valence-electron chi connectivity index (χ1n) is 10.1. The van der Waals surface area contributed by atoms with Crippen LogP contribution in [0.4, 0.5) is 0 Å². The Balaban J connectivity index is 1.91. The molecule has 0 aliphatic rings. The van der Waals surface area contributed by atoms with Crippen LogP contribution in [-0.2, 0) is 36.6 Å². The van der Waals surface area contributed by atoms with E-state index in [0.717, 1.165) is 5.56 Å². The van der Waals surface area contributed by atoms with Crippen LogP contribution in [0.5, 0.6) is 11.5 Å². The molecule has 31 heavy (non-hydrogen) atoms. The van der Waals surface area contributed by atoms with Crippen molar-refractivity contribution in [1.29, 1.82) is 0 Å². The average molecular weight is 431 g/mol. The second-order valence-electron chi connectivity index (χ2n) is 6.81. The highest BCUT2D eigenvalue weighted by Gasteiger charge is 2.23. The molecule has 0 aliphatic heterocycles. The van der Waals surface area contributed by atoms with Crippen molar-refractivity contribution >= 4 is 11.9 Å². The van der Waals surface area contributed by atoms with Crippen LogP contribution in [0.15, 0.2) is 48.5 Å². The van der Waals surface area contributed by atoms with Crippen molar-refractivity contribution in [3.8, 4) is 11.5 Å². The van der Waals surface area contributed by atoms with Crippen LogP contribution in [0.3, 0.4) is 0 Å². The topological polar surface area (TPSA) is 114 Å². The van der Waals surface area contributed by atoms with Crippen molar-refractivity contribution in [2.75, 3.05) is 33.0 Å². The van der Waals surface area contributed by atoms with Crippen molar-refractivity contribution < 1.29 is 34.0 Å². The maximum atomic E-state index is 12.6. The van der Waals surface area contributed by atoms with Gasteiger partial charge in [0.25, 0.3) is 0 Å². The van der Waals surface area contributed by atoms with E-state index in [1.165, 1.54) is 24.3 Å². The van der Waals surface area contributed by atoms with Crippen molar-refractivity contribution in [1.82, 2.24) is 5.32 Å². The first kappa shape index (κ1) is 24.2. The van der Waals surface area contributed by atoms with E-state index in [1.807, 2.05) is 6.92 Å². The highest BCUT2D eigenvalue weighted by molar-refractivity contribution is 5.85. The Morgan fingerprint density at radius 1 is 0.839 bits per heavy atom. The Hall–Kier alpha value is -3.10. The summed E-state index contributed by atoms with van der Waals surface area (Å²) in [6, 6.07) is 11.8. The monoisotopic (exact) mass is 431 g/mol. The van der Waals surface area contributed by atoms with E-state index in [0.29, 0.717) is 25.4 Å². The SMILES string of the molecule is CCOCCOCCOC(=O)C(Cc1ccc(O)cc1)NC(=O)Cc1ccc(O)cc1. The Morgan fingerprint density at radius 2 is 1.39 bits per heavy atom. The molecule has 1 atom stereocenters. The molecule has 8 nitrogen and oxygen atoms in total. The average Bonchev–Trinajstić information content (AvgIpc) is 2.75. The van der Waals surface area contributed by atoms with Crippen LogP contribution in [0, 0.1) is 0 Å². The highest BCUT2D eigenvalue weighted by Crippen LogP contribution is 2.13. The minimum Gasteiger partial charge on any atom is -0.508 e. The lowest BCUT2D eigenvalue weighted by Gasteiger charge is -2.18. The number of esters is 1. The van der Waals surface area contributed by atoms with Crippen molar-refractivity contribution in [2.45, 2.75) is 25.8 Å². The molecule has 0 radical (unpaired) electrons. The molecule has 0 aromatic heterocycles. The maximum Gasteiger partial charge on any atom is 0.329 e. The third-order valence-corrected chi connectivity index (χ3v) is 4.35. The van der Waals surface area contributed by atoms with Crippen molar-refractivity contribution in [3.63, 3.8) is 0 Å². The van der Waals surface area contributed by atoms with Gasteiger partial charge in [0.2, 0.25) is 5.91 Å². The summed E-state index contributed by atoms with van der Waals surface area (Å²) in [6.45, 7) is 3.68. The van der Waals surface area contributed by atoms with Gasteiger partial charge in [0.1, 0.15) is 24.1 Å².